The van der Waals surface area contributed by atoms with Gasteiger partial charge in [0.15, 0.2) is 4.34 Å². The number of benzene rings is 1. The van der Waals surface area contributed by atoms with Crippen LogP contribution in [0.4, 0.5) is 5.82 Å². The zero-order valence-corrected chi connectivity index (χ0v) is 12.7. The first kappa shape index (κ1) is 13.3. The summed E-state index contributed by atoms with van der Waals surface area (Å²) in [7, 11) is 0. The average molecular weight is 302 g/mol. The van der Waals surface area contributed by atoms with Gasteiger partial charge in [0.05, 0.1) is 5.52 Å². The lowest BCUT2D eigenvalue weighted by Crippen LogP contribution is -1.97. The smallest absolute Gasteiger partial charge is 0.170 e. The molecule has 3 aromatic rings. The Morgan fingerprint density at radius 2 is 2.10 bits per heavy atom. The summed E-state index contributed by atoms with van der Waals surface area (Å²) >= 11 is 3.10. The van der Waals surface area contributed by atoms with E-state index in [1.807, 2.05) is 18.2 Å². The number of anilines is 1. The summed E-state index contributed by atoms with van der Waals surface area (Å²) in [5.41, 5.74) is 8.00. The molecule has 102 valence electrons. The Morgan fingerprint density at radius 3 is 2.90 bits per heavy atom. The van der Waals surface area contributed by atoms with Crippen molar-refractivity contribution in [2.24, 2.45) is 0 Å². The molecule has 4 nitrogen and oxygen atoms in total. The van der Waals surface area contributed by atoms with Crippen LogP contribution in [0.25, 0.3) is 10.9 Å². The number of aromatic nitrogens is 3. The monoisotopic (exact) mass is 302 g/mol. The fourth-order valence-electron chi connectivity index (χ4n) is 1.87. The molecule has 0 radical (unpaired) electrons. The number of rotatable bonds is 4. The van der Waals surface area contributed by atoms with E-state index in [4.69, 9.17) is 5.73 Å². The van der Waals surface area contributed by atoms with E-state index in [2.05, 4.69) is 33.4 Å². The van der Waals surface area contributed by atoms with Gasteiger partial charge in [-0.05, 0) is 23.7 Å². The van der Waals surface area contributed by atoms with Crippen molar-refractivity contribution in [1.29, 1.82) is 0 Å². The van der Waals surface area contributed by atoms with Gasteiger partial charge in [0.1, 0.15) is 11.6 Å². The summed E-state index contributed by atoms with van der Waals surface area (Å²) in [4.78, 5) is 8.89. The van der Waals surface area contributed by atoms with Crippen molar-refractivity contribution in [3.63, 3.8) is 0 Å². The van der Waals surface area contributed by atoms with E-state index < -0.39 is 0 Å². The molecule has 0 atom stereocenters. The van der Waals surface area contributed by atoms with Gasteiger partial charge in [-0.2, -0.15) is 4.37 Å². The van der Waals surface area contributed by atoms with Crippen LogP contribution in [0, 0.1) is 0 Å². The van der Waals surface area contributed by atoms with E-state index >= 15 is 0 Å². The van der Waals surface area contributed by atoms with Gasteiger partial charge in [0.2, 0.25) is 0 Å². The molecule has 0 bridgehead atoms. The molecule has 2 N–H and O–H groups in total. The molecule has 0 saturated carbocycles. The van der Waals surface area contributed by atoms with Gasteiger partial charge in [-0.15, -0.1) is 0 Å². The van der Waals surface area contributed by atoms with Crippen LogP contribution in [0.15, 0.2) is 34.7 Å². The molecule has 0 fully saturated rings. The van der Waals surface area contributed by atoms with Crippen molar-refractivity contribution < 1.29 is 0 Å². The Labute approximate surface area is 125 Å². The zero-order valence-electron chi connectivity index (χ0n) is 11.0. The minimum atomic E-state index is 0.594. The lowest BCUT2D eigenvalue weighted by molar-refractivity contribution is 0.971. The van der Waals surface area contributed by atoms with E-state index in [0.717, 1.165) is 38.8 Å². The van der Waals surface area contributed by atoms with Crippen LogP contribution in [0.2, 0.25) is 0 Å². The molecule has 0 aliphatic heterocycles. The fourth-order valence-corrected chi connectivity index (χ4v) is 3.55. The summed E-state index contributed by atoms with van der Waals surface area (Å²) in [6.07, 6.45) is 0.872. The molecule has 0 saturated heterocycles. The number of fused-ring (bicyclic) bond motifs is 1. The first-order valence-electron chi connectivity index (χ1n) is 6.36. The van der Waals surface area contributed by atoms with Crippen LogP contribution in [0.1, 0.15) is 18.3 Å². The largest absolute Gasteiger partial charge is 0.383 e. The zero-order chi connectivity index (χ0) is 13.9. The van der Waals surface area contributed by atoms with Crippen molar-refractivity contribution in [2.75, 3.05) is 5.73 Å². The van der Waals surface area contributed by atoms with E-state index in [-0.39, 0.29) is 0 Å². The molecule has 20 heavy (non-hydrogen) atoms. The molecule has 3 rings (SSSR count). The van der Waals surface area contributed by atoms with Crippen LogP contribution in [0.3, 0.4) is 0 Å². The van der Waals surface area contributed by atoms with Gasteiger partial charge in [-0.1, -0.05) is 36.9 Å². The molecule has 0 aliphatic rings. The molecular weight excluding hydrogens is 288 g/mol. The second-order valence-electron chi connectivity index (χ2n) is 4.34. The van der Waals surface area contributed by atoms with E-state index in [9.17, 15) is 0 Å². The molecule has 0 spiro atoms. The number of para-hydroxylation sites is 1. The second-order valence-corrected chi connectivity index (χ2v) is 6.32. The third-order valence-corrected chi connectivity index (χ3v) is 4.87. The van der Waals surface area contributed by atoms with E-state index in [0.29, 0.717) is 5.82 Å². The van der Waals surface area contributed by atoms with Gasteiger partial charge < -0.3 is 5.73 Å². The van der Waals surface area contributed by atoms with Crippen molar-refractivity contribution in [2.45, 2.75) is 23.4 Å². The maximum Gasteiger partial charge on any atom is 0.170 e. The molecule has 0 unspecified atom stereocenters. The predicted octanol–water partition coefficient (Wildman–Crippen LogP) is 3.52. The van der Waals surface area contributed by atoms with Crippen LogP contribution in [0.5, 0.6) is 0 Å². The summed E-state index contributed by atoms with van der Waals surface area (Å²) in [6.45, 7) is 2.06. The maximum absolute atomic E-state index is 6.03. The molecule has 0 aliphatic carbocycles. The first-order valence-corrected chi connectivity index (χ1v) is 8.11. The molecule has 0 amide bonds. The Balaban J connectivity index is 1.81. The highest BCUT2D eigenvalue weighted by Gasteiger charge is 2.07. The lowest BCUT2D eigenvalue weighted by atomic mass is 10.1. The molecule has 6 heteroatoms. The number of thioether (sulfide) groups is 1. The van der Waals surface area contributed by atoms with Crippen LogP contribution in [-0.4, -0.2) is 14.3 Å². The summed E-state index contributed by atoms with van der Waals surface area (Å²) in [5.74, 6) is 2.26. The summed E-state index contributed by atoms with van der Waals surface area (Å²) in [5, 5.41) is 1.11. The molecule has 2 aromatic heterocycles. The van der Waals surface area contributed by atoms with E-state index in [1.54, 1.807) is 11.8 Å². The Bertz CT molecular complexity index is 739. The van der Waals surface area contributed by atoms with Gasteiger partial charge in [0.25, 0.3) is 0 Å². The minimum Gasteiger partial charge on any atom is -0.383 e. The summed E-state index contributed by atoms with van der Waals surface area (Å²) in [6, 6.07) is 10.1. The lowest BCUT2D eigenvalue weighted by Gasteiger charge is -2.05. The highest BCUT2D eigenvalue weighted by Crippen LogP contribution is 2.28. The third kappa shape index (κ3) is 2.76. The number of hydrogen-bond donors (Lipinski definition) is 1. The van der Waals surface area contributed by atoms with Gasteiger partial charge in [-0.3, -0.25) is 0 Å². The number of hydrogen-bond acceptors (Lipinski definition) is 6. The number of pyridine rings is 1. The standard InChI is InChI=1S/C14H14N4S2/c1-2-12-17-14(20-18-12)19-8-10-7-9-5-3-4-6-11(9)16-13(10)15/h3-7H,2,8H2,1H3,(H2,15,16). The molecule has 1 aromatic carbocycles. The average Bonchev–Trinajstić information content (AvgIpc) is 2.93. The number of nitrogens with zero attached hydrogens (tertiary/aromatic N) is 3. The van der Waals surface area contributed by atoms with Gasteiger partial charge >= 0.3 is 0 Å². The topological polar surface area (TPSA) is 64.7 Å². The number of aryl methyl sites for hydroxylation is 1. The SMILES string of the molecule is CCc1nsc(SCc2cc3ccccc3nc2N)n1. The van der Waals surface area contributed by atoms with Crippen LogP contribution >= 0.6 is 23.3 Å². The first-order chi connectivity index (χ1) is 9.76. The van der Waals surface area contributed by atoms with E-state index in [1.165, 1.54) is 11.5 Å². The number of nitrogen functional groups attached to an aromatic ring is 1. The molecular formula is C14H14N4S2. The fraction of sp³-hybridized carbons (Fsp3) is 0.214. The number of nitrogens with two attached hydrogens (primary N) is 1. The predicted molar refractivity (Wildman–Crippen MR) is 85.0 cm³/mol. The van der Waals surface area contributed by atoms with Gasteiger partial charge in [0, 0.05) is 23.1 Å². The van der Waals surface area contributed by atoms with Crippen LogP contribution in [-0.2, 0) is 12.2 Å². The van der Waals surface area contributed by atoms with Crippen LogP contribution < -0.4 is 5.73 Å². The van der Waals surface area contributed by atoms with Crippen molar-refractivity contribution in [1.82, 2.24) is 14.3 Å². The third-order valence-electron chi connectivity index (χ3n) is 2.95. The Hall–Kier alpha value is -1.66. The Morgan fingerprint density at radius 1 is 1.25 bits per heavy atom. The normalized spacial score (nSPS) is 11.1. The Kier molecular flexibility index (Phi) is 3.84. The minimum absolute atomic E-state index is 0.594. The summed E-state index contributed by atoms with van der Waals surface area (Å²) < 4.78 is 5.26. The van der Waals surface area contributed by atoms with Gasteiger partial charge in [-0.25, -0.2) is 9.97 Å². The maximum atomic E-state index is 6.03. The highest BCUT2D eigenvalue weighted by atomic mass is 32.2. The van der Waals surface area contributed by atoms with Crippen molar-refractivity contribution >= 4 is 40.0 Å². The highest BCUT2D eigenvalue weighted by molar-refractivity contribution is 8.00. The van der Waals surface area contributed by atoms with Crippen molar-refractivity contribution in [3.8, 4) is 0 Å². The van der Waals surface area contributed by atoms with Crippen molar-refractivity contribution in [3.05, 3.63) is 41.7 Å². The molecule has 2 heterocycles. The second kappa shape index (κ2) is 5.76. The quantitative estimate of drug-likeness (QED) is 0.747.